The average molecular weight is 368 g/mol. The molecule has 2 amide bonds. The largest absolute Gasteiger partial charge is 0.493 e. The van der Waals surface area contributed by atoms with Crippen molar-refractivity contribution >= 4 is 12.0 Å². The van der Waals surface area contributed by atoms with E-state index < -0.39 is 6.09 Å². The third kappa shape index (κ3) is 7.60. The standard InChI is InChI=1S/C18H28N2O6/c1-5-25-18(22)19-9-8-17(21)20-13(2)14-6-7-15(16(12-14)24-4)26-11-10-23-3/h6-7,12-13H,5,8-11H2,1-4H3,(H,19,22)(H,20,21). The van der Waals surface area contributed by atoms with Crippen molar-refractivity contribution < 1.29 is 28.5 Å². The van der Waals surface area contributed by atoms with Crippen molar-refractivity contribution in [1.29, 1.82) is 0 Å². The fourth-order valence-corrected chi connectivity index (χ4v) is 2.16. The summed E-state index contributed by atoms with van der Waals surface area (Å²) >= 11 is 0. The second-order valence-electron chi connectivity index (χ2n) is 5.44. The van der Waals surface area contributed by atoms with Crippen LogP contribution in [0.25, 0.3) is 0 Å². The fraction of sp³-hybridized carbons (Fsp3) is 0.556. The summed E-state index contributed by atoms with van der Waals surface area (Å²) in [5.41, 5.74) is 0.882. The van der Waals surface area contributed by atoms with Crippen LogP contribution in [0.4, 0.5) is 4.79 Å². The van der Waals surface area contributed by atoms with Crippen LogP contribution < -0.4 is 20.1 Å². The Bertz CT molecular complexity index is 579. The maximum Gasteiger partial charge on any atom is 0.407 e. The minimum absolute atomic E-state index is 0.165. The van der Waals surface area contributed by atoms with Crippen LogP contribution in [0.3, 0.4) is 0 Å². The van der Waals surface area contributed by atoms with E-state index in [9.17, 15) is 9.59 Å². The summed E-state index contributed by atoms with van der Waals surface area (Å²) in [6.07, 6.45) is -0.361. The van der Waals surface area contributed by atoms with Crippen LogP contribution in [0.5, 0.6) is 11.5 Å². The number of carbonyl (C=O) groups is 2. The zero-order chi connectivity index (χ0) is 19.4. The Labute approximate surface area is 154 Å². The lowest BCUT2D eigenvalue weighted by Crippen LogP contribution is -2.32. The number of benzene rings is 1. The van der Waals surface area contributed by atoms with Crippen LogP contribution in [-0.2, 0) is 14.3 Å². The lowest BCUT2D eigenvalue weighted by atomic mass is 10.1. The maximum absolute atomic E-state index is 12.0. The molecular formula is C18H28N2O6. The first-order chi connectivity index (χ1) is 12.5. The monoisotopic (exact) mass is 368 g/mol. The molecule has 8 nitrogen and oxygen atoms in total. The number of ether oxygens (including phenoxy) is 4. The van der Waals surface area contributed by atoms with E-state index in [4.69, 9.17) is 18.9 Å². The Morgan fingerprint density at radius 1 is 1.15 bits per heavy atom. The summed E-state index contributed by atoms with van der Waals surface area (Å²) in [5.74, 6) is 1.03. The van der Waals surface area contributed by atoms with Gasteiger partial charge in [-0.2, -0.15) is 0 Å². The Morgan fingerprint density at radius 2 is 1.92 bits per heavy atom. The van der Waals surface area contributed by atoms with Crippen LogP contribution >= 0.6 is 0 Å². The van der Waals surface area contributed by atoms with E-state index >= 15 is 0 Å². The van der Waals surface area contributed by atoms with Gasteiger partial charge < -0.3 is 29.6 Å². The molecule has 0 aliphatic heterocycles. The second kappa shape index (κ2) is 12.0. The van der Waals surface area contributed by atoms with E-state index in [2.05, 4.69) is 10.6 Å². The summed E-state index contributed by atoms with van der Waals surface area (Å²) < 4.78 is 20.6. The van der Waals surface area contributed by atoms with Gasteiger partial charge in [0.25, 0.3) is 0 Å². The molecule has 0 aromatic heterocycles. The van der Waals surface area contributed by atoms with Crippen LogP contribution in [0.1, 0.15) is 31.9 Å². The number of carbonyl (C=O) groups excluding carboxylic acids is 2. The molecule has 0 radical (unpaired) electrons. The summed E-state index contributed by atoms with van der Waals surface area (Å²) in [6, 6.07) is 5.28. The molecule has 0 bridgehead atoms. The van der Waals surface area contributed by atoms with Crippen LogP contribution in [0, 0.1) is 0 Å². The molecule has 1 aromatic rings. The summed E-state index contributed by atoms with van der Waals surface area (Å²) in [7, 11) is 3.17. The Kier molecular flexibility index (Phi) is 9.93. The van der Waals surface area contributed by atoms with Crippen molar-refractivity contribution in [2.24, 2.45) is 0 Å². The Hall–Kier alpha value is -2.48. The first-order valence-electron chi connectivity index (χ1n) is 8.51. The topological polar surface area (TPSA) is 95.1 Å². The minimum Gasteiger partial charge on any atom is -0.493 e. The van der Waals surface area contributed by atoms with Crippen molar-refractivity contribution in [3.8, 4) is 11.5 Å². The van der Waals surface area contributed by atoms with Gasteiger partial charge in [0.15, 0.2) is 11.5 Å². The van der Waals surface area contributed by atoms with E-state index in [0.717, 1.165) is 5.56 Å². The SMILES string of the molecule is CCOC(=O)NCCC(=O)NC(C)c1ccc(OCCOC)c(OC)c1. The molecular weight excluding hydrogens is 340 g/mol. The van der Waals surface area contributed by atoms with Crippen molar-refractivity contribution in [2.75, 3.05) is 40.6 Å². The van der Waals surface area contributed by atoms with Crippen molar-refractivity contribution in [3.63, 3.8) is 0 Å². The highest BCUT2D eigenvalue weighted by Gasteiger charge is 2.13. The van der Waals surface area contributed by atoms with Crippen molar-refractivity contribution in [3.05, 3.63) is 23.8 Å². The highest BCUT2D eigenvalue weighted by Crippen LogP contribution is 2.30. The minimum atomic E-state index is -0.526. The van der Waals surface area contributed by atoms with Gasteiger partial charge in [0.05, 0.1) is 26.4 Å². The van der Waals surface area contributed by atoms with Gasteiger partial charge in [0, 0.05) is 20.1 Å². The lowest BCUT2D eigenvalue weighted by Gasteiger charge is -2.17. The molecule has 1 rings (SSSR count). The molecule has 1 unspecified atom stereocenters. The number of hydrogen-bond donors (Lipinski definition) is 2. The quantitative estimate of drug-likeness (QED) is 0.581. The van der Waals surface area contributed by atoms with E-state index in [1.54, 1.807) is 27.2 Å². The Morgan fingerprint density at radius 3 is 2.58 bits per heavy atom. The normalized spacial score (nSPS) is 11.4. The molecule has 0 fully saturated rings. The number of nitrogens with one attached hydrogen (secondary N) is 2. The van der Waals surface area contributed by atoms with Gasteiger partial charge in [-0.1, -0.05) is 6.07 Å². The zero-order valence-corrected chi connectivity index (χ0v) is 15.8. The first-order valence-corrected chi connectivity index (χ1v) is 8.51. The third-order valence-electron chi connectivity index (χ3n) is 3.51. The maximum atomic E-state index is 12.0. The fourth-order valence-electron chi connectivity index (χ4n) is 2.16. The number of methoxy groups -OCH3 is 2. The number of hydrogen-bond acceptors (Lipinski definition) is 6. The van der Waals surface area contributed by atoms with Crippen LogP contribution in [-0.4, -0.2) is 52.6 Å². The van der Waals surface area contributed by atoms with E-state index in [1.165, 1.54) is 0 Å². The number of rotatable bonds is 11. The molecule has 26 heavy (non-hydrogen) atoms. The molecule has 146 valence electrons. The van der Waals surface area contributed by atoms with E-state index in [-0.39, 0.29) is 24.9 Å². The molecule has 0 aliphatic carbocycles. The highest BCUT2D eigenvalue weighted by atomic mass is 16.5. The molecule has 2 N–H and O–H groups in total. The van der Waals surface area contributed by atoms with E-state index in [1.807, 2.05) is 19.1 Å². The second-order valence-corrected chi connectivity index (χ2v) is 5.44. The molecule has 1 aromatic carbocycles. The van der Waals surface area contributed by atoms with Gasteiger partial charge in [-0.3, -0.25) is 4.79 Å². The summed E-state index contributed by atoms with van der Waals surface area (Å²) in [5, 5.41) is 5.39. The molecule has 8 heteroatoms. The Balaban J connectivity index is 2.53. The van der Waals surface area contributed by atoms with Crippen molar-refractivity contribution in [2.45, 2.75) is 26.3 Å². The number of alkyl carbamates (subject to hydrolysis) is 1. The van der Waals surface area contributed by atoms with Gasteiger partial charge in [0.1, 0.15) is 6.61 Å². The summed E-state index contributed by atoms with van der Waals surface area (Å²) in [6.45, 7) is 5.01. The summed E-state index contributed by atoms with van der Waals surface area (Å²) in [4.78, 5) is 23.2. The number of amides is 2. The van der Waals surface area contributed by atoms with E-state index in [0.29, 0.717) is 31.3 Å². The third-order valence-corrected chi connectivity index (χ3v) is 3.51. The molecule has 0 saturated carbocycles. The molecule has 0 heterocycles. The van der Waals surface area contributed by atoms with Gasteiger partial charge in [-0.05, 0) is 31.5 Å². The average Bonchev–Trinajstić information content (AvgIpc) is 2.62. The predicted octanol–water partition coefficient (Wildman–Crippen LogP) is 2.03. The van der Waals surface area contributed by atoms with Crippen molar-refractivity contribution in [1.82, 2.24) is 10.6 Å². The van der Waals surface area contributed by atoms with Crippen LogP contribution in [0.2, 0.25) is 0 Å². The highest BCUT2D eigenvalue weighted by molar-refractivity contribution is 5.77. The first kappa shape index (κ1) is 21.6. The molecule has 0 spiro atoms. The van der Waals surface area contributed by atoms with Gasteiger partial charge in [0.2, 0.25) is 5.91 Å². The zero-order valence-electron chi connectivity index (χ0n) is 15.8. The van der Waals surface area contributed by atoms with Gasteiger partial charge >= 0.3 is 6.09 Å². The predicted molar refractivity (Wildman–Crippen MR) is 96.6 cm³/mol. The molecule has 0 aliphatic rings. The van der Waals surface area contributed by atoms with Crippen LogP contribution in [0.15, 0.2) is 18.2 Å². The smallest absolute Gasteiger partial charge is 0.407 e. The lowest BCUT2D eigenvalue weighted by molar-refractivity contribution is -0.121. The van der Waals surface area contributed by atoms with Gasteiger partial charge in [-0.15, -0.1) is 0 Å². The molecule has 0 saturated heterocycles. The van der Waals surface area contributed by atoms with Gasteiger partial charge in [-0.25, -0.2) is 4.79 Å². The molecule has 1 atom stereocenters.